The number of ketones is 1. The van der Waals surface area contributed by atoms with Crippen LogP contribution in [0.25, 0.3) is 0 Å². The molecule has 100 valence electrons. The molecule has 1 rings (SSSR count). The largest absolute Gasteiger partial charge is 0.335 e. The van der Waals surface area contributed by atoms with E-state index < -0.39 is 13.8 Å². The van der Waals surface area contributed by atoms with Gasteiger partial charge in [0.25, 0.3) is 0 Å². The van der Waals surface area contributed by atoms with Crippen molar-refractivity contribution in [2.75, 3.05) is 12.8 Å². The zero-order valence-electron chi connectivity index (χ0n) is 10.8. The zero-order valence-corrected chi connectivity index (χ0v) is 11.7. The van der Waals surface area contributed by atoms with Crippen molar-refractivity contribution in [1.29, 1.82) is 0 Å². The van der Waals surface area contributed by atoms with E-state index in [0.717, 1.165) is 18.4 Å². The van der Waals surface area contributed by atoms with Crippen LogP contribution in [0.1, 0.15) is 36.2 Å². The molecule has 1 aromatic carbocycles. The lowest BCUT2D eigenvalue weighted by Crippen LogP contribution is -2.08. The molecule has 1 atom stereocenters. The lowest BCUT2D eigenvalue weighted by Gasteiger charge is -2.10. The summed E-state index contributed by atoms with van der Waals surface area (Å²) in [5.41, 5.74) is 1.53. The monoisotopic (exact) mass is 270 g/mol. The third-order valence-corrected chi connectivity index (χ3v) is 3.81. The van der Waals surface area contributed by atoms with Gasteiger partial charge in [-0.3, -0.25) is 9.36 Å². The number of aryl methyl sites for hydroxylation is 1. The Kier molecular flexibility index (Phi) is 5.73. The Morgan fingerprint density at radius 2 is 2.11 bits per heavy atom. The zero-order chi connectivity index (χ0) is 13.6. The van der Waals surface area contributed by atoms with Gasteiger partial charge in [-0.15, -0.1) is 0 Å². The molecule has 0 aliphatic rings. The number of benzene rings is 1. The quantitative estimate of drug-likeness (QED) is 0.611. The summed E-state index contributed by atoms with van der Waals surface area (Å²) in [6, 6.07) is 7.17. The minimum absolute atomic E-state index is 0.122. The van der Waals surface area contributed by atoms with Crippen LogP contribution in [0.15, 0.2) is 24.3 Å². The molecule has 0 aliphatic heterocycles. The molecule has 0 aromatic heterocycles. The SMILES string of the molecule is CCCc1cccc(C(=O)CP(=O)(O)OCC)c1. The summed E-state index contributed by atoms with van der Waals surface area (Å²) < 4.78 is 16.2. The summed E-state index contributed by atoms with van der Waals surface area (Å²) in [5.74, 6) is -0.354. The molecule has 0 bridgehead atoms. The lowest BCUT2D eigenvalue weighted by atomic mass is 10.1. The average molecular weight is 270 g/mol. The highest BCUT2D eigenvalue weighted by atomic mass is 31.2. The molecule has 5 heteroatoms. The van der Waals surface area contributed by atoms with Crippen molar-refractivity contribution in [2.24, 2.45) is 0 Å². The number of Topliss-reactive ketones (excluding diaryl/α,β-unsaturated/α-hetero) is 1. The van der Waals surface area contributed by atoms with Crippen molar-refractivity contribution < 1.29 is 18.8 Å². The third kappa shape index (κ3) is 4.73. The van der Waals surface area contributed by atoms with Crippen LogP contribution < -0.4 is 0 Å². The first-order chi connectivity index (χ1) is 8.48. The van der Waals surface area contributed by atoms with E-state index >= 15 is 0 Å². The maximum atomic E-state index is 11.9. The molecule has 4 nitrogen and oxygen atoms in total. The van der Waals surface area contributed by atoms with E-state index in [1.165, 1.54) is 0 Å². The minimum atomic E-state index is -3.79. The molecule has 0 radical (unpaired) electrons. The molecule has 18 heavy (non-hydrogen) atoms. The van der Waals surface area contributed by atoms with Gasteiger partial charge in [-0.05, 0) is 25.0 Å². The van der Waals surface area contributed by atoms with Crippen LogP contribution in [-0.4, -0.2) is 23.4 Å². The topological polar surface area (TPSA) is 63.6 Å². The molecule has 0 heterocycles. The van der Waals surface area contributed by atoms with Crippen molar-refractivity contribution in [3.8, 4) is 0 Å². The van der Waals surface area contributed by atoms with E-state index in [0.29, 0.717) is 5.56 Å². The average Bonchev–Trinajstić information content (AvgIpc) is 2.29. The minimum Gasteiger partial charge on any atom is -0.324 e. The van der Waals surface area contributed by atoms with Gasteiger partial charge in [-0.1, -0.05) is 31.5 Å². The van der Waals surface area contributed by atoms with Gasteiger partial charge in [-0.2, -0.15) is 0 Å². The molecule has 0 fully saturated rings. The molecule has 0 saturated heterocycles. The molecule has 1 aromatic rings. The van der Waals surface area contributed by atoms with Crippen molar-refractivity contribution in [3.05, 3.63) is 35.4 Å². The van der Waals surface area contributed by atoms with E-state index in [1.807, 2.05) is 6.07 Å². The summed E-state index contributed by atoms with van der Waals surface area (Å²) in [7, 11) is -3.79. The van der Waals surface area contributed by atoms with Crippen molar-refractivity contribution in [1.82, 2.24) is 0 Å². The predicted octanol–water partition coefficient (Wildman–Crippen LogP) is 3.04. The molecular formula is C13H19O4P. The van der Waals surface area contributed by atoms with Gasteiger partial charge in [0.1, 0.15) is 6.16 Å². The summed E-state index contributed by atoms with van der Waals surface area (Å²) in [4.78, 5) is 21.3. The molecular weight excluding hydrogens is 251 g/mol. The van der Waals surface area contributed by atoms with Crippen molar-refractivity contribution in [3.63, 3.8) is 0 Å². The fourth-order valence-corrected chi connectivity index (χ4v) is 2.75. The van der Waals surface area contributed by atoms with Crippen LogP contribution in [0, 0.1) is 0 Å². The van der Waals surface area contributed by atoms with Crippen LogP contribution in [0.3, 0.4) is 0 Å². The van der Waals surface area contributed by atoms with Gasteiger partial charge in [0.15, 0.2) is 5.78 Å². The smallest absolute Gasteiger partial charge is 0.324 e. The van der Waals surface area contributed by atoms with E-state index in [4.69, 9.17) is 0 Å². The second-order valence-electron chi connectivity index (χ2n) is 4.09. The van der Waals surface area contributed by atoms with E-state index in [9.17, 15) is 14.3 Å². The number of carbonyl (C=O) groups excluding carboxylic acids is 1. The summed E-state index contributed by atoms with van der Waals surface area (Å²) in [5, 5.41) is 0. The Bertz CT molecular complexity index is 456. The predicted molar refractivity (Wildman–Crippen MR) is 71.1 cm³/mol. The Morgan fingerprint density at radius 1 is 1.39 bits per heavy atom. The fourth-order valence-electron chi connectivity index (χ4n) is 1.71. The Balaban J connectivity index is 2.78. The van der Waals surface area contributed by atoms with Crippen LogP contribution >= 0.6 is 7.60 Å². The van der Waals surface area contributed by atoms with Crippen LogP contribution in [0.4, 0.5) is 0 Å². The lowest BCUT2D eigenvalue weighted by molar-refractivity contribution is 0.101. The Labute approximate surface area is 108 Å². The maximum absolute atomic E-state index is 11.9. The third-order valence-electron chi connectivity index (χ3n) is 2.46. The molecule has 0 spiro atoms. The number of hydrogen-bond acceptors (Lipinski definition) is 3. The highest BCUT2D eigenvalue weighted by Gasteiger charge is 2.24. The fraction of sp³-hybridized carbons (Fsp3) is 0.462. The van der Waals surface area contributed by atoms with Gasteiger partial charge in [0.2, 0.25) is 0 Å². The standard InChI is InChI=1S/C13H19O4P/c1-3-6-11-7-5-8-12(9-11)13(14)10-18(15,16)17-4-2/h5,7-9H,3-4,6,10H2,1-2H3,(H,15,16). The van der Waals surface area contributed by atoms with E-state index in [-0.39, 0.29) is 12.4 Å². The van der Waals surface area contributed by atoms with Crippen LogP contribution in [0.2, 0.25) is 0 Å². The normalized spacial score (nSPS) is 14.2. The van der Waals surface area contributed by atoms with Gasteiger partial charge in [0.05, 0.1) is 6.61 Å². The van der Waals surface area contributed by atoms with Crippen molar-refractivity contribution in [2.45, 2.75) is 26.7 Å². The summed E-state index contributed by atoms with van der Waals surface area (Å²) >= 11 is 0. The van der Waals surface area contributed by atoms with Crippen LogP contribution in [0.5, 0.6) is 0 Å². The molecule has 0 aliphatic carbocycles. The number of rotatable bonds is 7. The Hall–Kier alpha value is -0.960. The van der Waals surface area contributed by atoms with Gasteiger partial charge >= 0.3 is 7.60 Å². The van der Waals surface area contributed by atoms with Gasteiger partial charge in [-0.25, -0.2) is 0 Å². The second kappa shape index (κ2) is 6.83. The Morgan fingerprint density at radius 3 is 2.72 bits per heavy atom. The summed E-state index contributed by atoms with van der Waals surface area (Å²) in [6.07, 6.45) is 1.43. The maximum Gasteiger partial charge on any atom is 0.335 e. The first-order valence-electron chi connectivity index (χ1n) is 6.07. The highest BCUT2D eigenvalue weighted by molar-refractivity contribution is 7.53. The first kappa shape index (κ1) is 15.1. The van der Waals surface area contributed by atoms with Gasteiger partial charge in [0, 0.05) is 5.56 Å². The van der Waals surface area contributed by atoms with Crippen molar-refractivity contribution >= 4 is 13.4 Å². The first-order valence-corrected chi connectivity index (χ1v) is 7.83. The second-order valence-corrected chi connectivity index (χ2v) is 5.94. The molecule has 1 unspecified atom stereocenters. The van der Waals surface area contributed by atoms with E-state index in [2.05, 4.69) is 11.4 Å². The molecule has 0 saturated carbocycles. The number of carbonyl (C=O) groups is 1. The van der Waals surface area contributed by atoms with Gasteiger partial charge < -0.3 is 9.42 Å². The van der Waals surface area contributed by atoms with E-state index in [1.54, 1.807) is 25.1 Å². The number of hydrogen-bond donors (Lipinski definition) is 1. The highest BCUT2D eigenvalue weighted by Crippen LogP contribution is 2.41. The van der Waals surface area contributed by atoms with Crippen LogP contribution in [-0.2, 0) is 15.5 Å². The molecule has 0 amide bonds. The molecule has 1 N–H and O–H groups in total. The summed E-state index contributed by atoms with van der Waals surface area (Å²) in [6.45, 7) is 3.80.